The van der Waals surface area contributed by atoms with Crippen LogP contribution in [-0.4, -0.2) is 25.5 Å². The molecule has 0 aromatic rings. The number of unbranched alkanes of at least 4 members (excludes halogenated alkanes) is 1. The van der Waals surface area contributed by atoms with E-state index in [1.807, 2.05) is 0 Å². The molecule has 0 aliphatic heterocycles. The minimum atomic E-state index is 0.133. The van der Waals surface area contributed by atoms with Crippen LogP contribution in [0.1, 0.15) is 32.6 Å². The zero-order chi connectivity index (χ0) is 9.52. The third-order valence-corrected chi connectivity index (χ3v) is 2.27. The second kappa shape index (κ2) is 5.97. The van der Waals surface area contributed by atoms with Gasteiger partial charge in [0.2, 0.25) is 5.91 Å². The van der Waals surface area contributed by atoms with Gasteiger partial charge in [0.1, 0.15) is 0 Å². The van der Waals surface area contributed by atoms with Crippen molar-refractivity contribution >= 4 is 5.91 Å². The Kier molecular flexibility index (Phi) is 4.83. The summed E-state index contributed by atoms with van der Waals surface area (Å²) in [5, 5.41) is 6.04. The topological polar surface area (TPSA) is 41.1 Å². The molecule has 0 aromatic carbocycles. The summed E-state index contributed by atoms with van der Waals surface area (Å²) in [5.74, 6) is 0.984. The predicted octanol–water partition coefficient (Wildman–Crippen LogP) is 0.902. The fraction of sp³-hybridized carbons (Fsp3) is 0.900. The van der Waals surface area contributed by atoms with Crippen molar-refractivity contribution in [3.63, 3.8) is 0 Å². The summed E-state index contributed by atoms with van der Waals surface area (Å²) in [7, 11) is 0. The fourth-order valence-electron chi connectivity index (χ4n) is 1.18. The van der Waals surface area contributed by atoms with Crippen LogP contribution in [0, 0.1) is 5.92 Å². The van der Waals surface area contributed by atoms with Gasteiger partial charge in [-0.15, -0.1) is 0 Å². The minimum absolute atomic E-state index is 0.133. The van der Waals surface area contributed by atoms with E-state index >= 15 is 0 Å². The summed E-state index contributed by atoms with van der Waals surface area (Å²) in [6, 6.07) is 0. The molecule has 0 bridgehead atoms. The van der Waals surface area contributed by atoms with Gasteiger partial charge in [-0.2, -0.15) is 0 Å². The minimum Gasteiger partial charge on any atom is -0.355 e. The fourth-order valence-corrected chi connectivity index (χ4v) is 1.18. The van der Waals surface area contributed by atoms with E-state index in [1.165, 1.54) is 12.8 Å². The van der Waals surface area contributed by atoms with Crippen LogP contribution in [0.3, 0.4) is 0 Å². The van der Waals surface area contributed by atoms with Gasteiger partial charge in [-0.3, -0.25) is 4.79 Å². The molecule has 1 aliphatic carbocycles. The molecule has 1 fully saturated rings. The lowest BCUT2D eigenvalue weighted by molar-refractivity contribution is -0.120. The molecule has 0 atom stereocenters. The standard InChI is InChI=1S/C10H20N2O/c1-2-3-6-12-10(13)8-11-7-9-4-5-9/h9,11H,2-8H2,1H3,(H,12,13). The van der Waals surface area contributed by atoms with Gasteiger partial charge < -0.3 is 10.6 Å². The van der Waals surface area contributed by atoms with E-state index in [4.69, 9.17) is 0 Å². The Morgan fingerprint density at radius 3 is 2.85 bits per heavy atom. The van der Waals surface area contributed by atoms with Gasteiger partial charge in [0.15, 0.2) is 0 Å². The Bertz CT molecular complexity index is 155. The smallest absolute Gasteiger partial charge is 0.233 e. The first-order valence-electron chi connectivity index (χ1n) is 5.30. The number of amides is 1. The van der Waals surface area contributed by atoms with E-state index in [-0.39, 0.29) is 5.91 Å². The lowest BCUT2D eigenvalue weighted by Gasteiger charge is -2.04. The van der Waals surface area contributed by atoms with E-state index in [1.54, 1.807) is 0 Å². The number of carbonyl (C=O) groups excluding carboxylic acids is 1. The van der Waals surface area contributed by atoms with Crippen molar-refractivity contribution in [1.82, 2.24) is 10.6 Å². The second-order valence-corrected chi connectivity index (χ2v) is 3.78. The lowest BCUT2D eigenvalue weighted by Crippen LogP contribution is -2.35. The van der Waals surface area contributed by atoms with Crippen molar-refractivity contribution in [1.29, 1.82) is 0 Å². The van der Waals surface area contributed by atoms with Gasteiger partial charge in [0.25, 0.3) is 0 Å². The van der Waals surface area contributed by atoms with Crippen molar-refractivity contribution < 1.29 is 4.79 Å². The van der Waals surface area contributed by atoms with E-state index in [9.17, 15) is 4.79 Å². The summed E-state index contributed by atoms with van der Waals surface area (Å²) >= 11 is 0. The van der Waals surface area contributed by atoms with Crippen molar-refractivity contribution in [3.05, 3.63) is 0 Å². The maximum Gasteiger partial charge on any atom is 0.233 e. The Hall–Kier alpha value is -0.570. The lowest BCUT2D eigenvalue weighted by atomic mass is 10.3. The van der Waals surface area contributed by atoms with Crippen LogP contribution in [-0.2, 0) is 4.79 Å². The summed E-state index contributed by atoms with van der Waals surface area (Å²) in [6.45, 7) is 4.44. The van der Waals surface area contributed by atoms with Crippen LogP contribution in [0.25, 0.3) is 0 Å². The summed E-state index contributed by atoms with van der Waals surface area (Å²) < 4.78 is 0. The predicted molar refractivity (Wildman–Crippen MR) is 53.5 cm³/mol. The first-order chi connectivity index (χ1) is 6.33. The molecule has 0 radical (unpaired) electrons. The third-order valence-electron chi connectivity index (χ3n) is 2.27. The first kappa shape index (κ1) is 10.5. The van der Waals surface area contributed by atoms with Gasteiger partial charge in [-0.25, -0.2) is 0 Å². The Morgan fingerprint density at radius 2 is 2.23 bits per heavy atom. The van der Waals surface area contributed by atoms with Crippen molar-refractivity contribution in [2.24, 2.45) is 5.92 Å². The van der Waals surface area contributed by atoms with Crippen molar-refractivity contribution in [2.75, 3.05) is 19.6 Å². The largest absolute Gasteiger partial charge is 0.355 e. The van der Waals surface area contributed by atoms with Gasteiger partial charge in [0, 0.05) is 6.54 Å². The molecule has 0 aromatic heterocycles. The molecule has 2 N–H and O–H groups in total. The Labute approximate surface area is 80.3 Å². The molecule has 1 saturated carbocycles. The van der Waals surface area contributed by atoms with Gasteiger partial charge >= 0.3 is 0 Å². The molecule has 0 unspecified atom stereocenters. The van der Waals surface area contributed by atoms with Crippen LogP contribution < -0.4 is 10.6 Å². The highest BCUT2D eigenvalue weighted by Gasteiger charge is 2.20. The zero-order valence-electron chi connectivity index (χ0n) is 8.44. The third kappa shape index (κ3) is 5.64. The first-order valence-corrected chi connectivity index (χ1v) is 5.30. The van der Waals surface area contributed by atoms with Crippen LogP contribution in [0.4, 0.5) is 0 Å². The van der Waals surface area contributed by atoms with Gasteiger partial charge in [-0.05, 0) is 31.7 Å². The number of carbonyl (C=O) groups is 1. The van der Waals surface area contributed by atoms with Crippen LogP contribution in [0.5, 0.6) is 0 Å². The molecule has 76 valence electrons. The summed E-state index contributed by atoms with van der Waals surface area (Å²) in [4.78, 5) is 11.1. The van der Waals surface area contributed by atoms with Gasteiger partial charge in [0.05, 0.1) is 6.54 Å². The summed E-state index contributed by atoms with van der Waals surface area (Å²) in [5.41, 5.74) is 0. The highest BCUT2D eigenvalue weighted by atomic mass is 16.1. The second-order valence-electron chi connectivity index (χ2n) is 3.78. The molecule has 3 heteroatoms. The number of rotatable bonds is 7. The van der Waals surface area contributed by atoms with Crippen molar-refractivity contribution in [2.45, 2.75) is 32.6 Å². The quantitative estimate of drug-likeness (QED) is 0.577. The van der Waals surface area contributed by atoms with E-state index < -0.39 is 0 Å². The number of hydrogen-bond acceptors (Lipinski definition) is 2. The molecule has 0 heterocycles. The number of nitrogens with one attached hydrogen (secondary N) is 2. The molecule has 1 aliphatic rings. The Morgan fingerprint density at radius 1 is 1.46 bits per heavy atom. The average Bonchev–Trinajstić information content (AvgIpc) is 2.89. The zero-order valence-corrected chi connectivity index (χ0v) is 8.44. The normalized spacial score (nSPS) is 15.8. The van der Waals surface area contributed by atoms with E-state index in [0.29, 0.717) is 6.54 Å². The average molecular weight is 184 g/mol. The van der Waals surface area contributed by atoms with Crippen molar-refractivity contribution in [3.8, 4) is 0 Å². The highest BCUT2D eigenvalue weighted by Crippen LogP contribution is 2.27. The molecule has 0 saturated heterocycles. The molecule has 3 nitrogen and oxygen atoms in total. The molecule has 0 spiro atoms. The molecular formula is C10H20N2O. The van der Waals surface area contributed by atoms with Crippen LogP contribution in [0.15, 0.2) is 0 Å². The molecule has 1 rings (SSSR count). The molecule has 1 amide bonds. The maximum absolute atomic E-state index is 11.1. The van der Waals surface area contributed by atoms with E-state index in [2.05, 4.69) is 17.6 Å². The summed E-state index contributed by atoms with van der Waals surface area (Å²) in [6.07, 6.45) is 4.89. The van der Waals surface area contributed by atoms with Gasteiger partial charge in [-0.1, -0.05) is 13.3 Å². The van der Waals surface area contributed by atoms with Crippen LogP contribution >= 0.6 is 0 Å². The monoisotopic (exact) mass is 184 g/mol. The molecular weight excluding hydrogens is 164 g/mol. The Balaban J connectivity index is 1.84. The SMILES string of the molecule is CCCCNC(=O)CNCC1CC1. The number of hydrogen-bond donors (Lipinski definition) is 2. The van der Waals surface area contributed by atoms with Crippen LogP contribution in [0.2, 0.25) is 0 Å². The maximum atomic E-state index is 11.1. The van der Waals surface area contributed by atoms with E-state index in [0.717, 1.165) is 31.8 Å². The molecule has 13 heavy (non-hydrogen) atoms. The highest BCUT2D eigenvalue weighted by molar-refractivity contribution is 5.77.